The molecule has 1 aliphatic rings. The zero-order valence-electron chi connectivity index (χ0n) is 11.7. The first kappa shape index (κ1) is 13.6. The van der Waals surface area contributed by atoms with Crippen molar-refractivity contribution >= 4 is 5.69 Å². The minimum atomic E-state index is 0.689. The molecule has 0 N–H and O–H groups in total. The number of aryl methyl sites for hydroxylation is 2. The third-order valence-electron chi connectivity index (χ3n) is 3.39. The second-order valence-electron chi connectivity index (χ2n) is 4.85. The van der Waals surface area contributed by atoms with Crippen LogP contribution in [0.3, 0.4) is 0 Å². The van der Waals surface area contributed by atoms with E-state index in [0.717, 1.165) is 36.6 Å². The lowest BCUT2D eigenvalue weighted by Crippen LogP contribution is -2.30. The molecule has 2 rings (SSSR count). The van der Waals surface area contributed by atoms with Crippen molar-refractivity contribution in [1.82, 2.24) is 4.98 Å². The van der Waals surface area contributed by atoms with E-state index in [0.29, 0.717) is 12.2 Å². The molecule has 2 heterocycles. The second kappa shape index (κ2) is 5.85. The highest BCUT2D eigenvalue weighted by molar-refractivity contribution is 5.62. The number of rotatable bonds is 3. The molecule has 0 unspecified atom stereocenters. The van der Waals surface area contributed by atoms with Crippen molar-refractivity contribution in [3.8, 4) is 6.07 Å². The number of hydrogen-bond acceptors (Lipinski definition) is 4. The van der Waals surface area contributed by atoms with Gasteiger partial charge in [-0.15, -0.1) is 0 Å². The number of nitrogens with zero attached hydrogens (tertiary/aromatic N) is 3. The van der Waals surface area contributed by atoms with Gasteiger partial charge in [0.2, 0.25) is 0 Å². The van der Waals surface area contributed by atoms with E-state index in [1.165, 1.54) is 5.57 Å². The first-order valence-corrected chi connectivity index (χ1v) is 6.46. The Morgan fingerprint density at radius 3 is 2.84 bits per heavy atom. The topological polar surface area (TPSA) is 49.1 Å². The lowest BCUT2D eigenvalue weighted by Gasteiger charge is -2.29. The number of methoxy groups -OCH3 is 1. The molecule has 19 heavy (non-hydrogen) atoms. The predicted molar refractivity (Wildman–Crippen MR) is 75.2 cm³/mol. The SMILES string of the molecule is COCC1=CCN(c2cc(C)nc(C)c2C#N)CC1. The standard InChI is InChI=1S/C15H19N3O/c1-11-8-15(14(9-16)12(2)17-11)18-6-4-13(5-7-18)10-19-3/h4,8H,5-7,10H2,1-3H3. The molecule has 0 saturated heterocycles. The third-order valence-corrected chi connectivity index (χ3v) is 3.39. The lowest BCUT2D eigenvalue weighted by atomic mass is 10.1. The summed E-state index contributed by atoms with van der Waals surface area (Å²) < 4.78 is 5.16. The number of hydrogen-bond donors (Lipinski definition) is 0. The summed E-state index contributed by atoms with van der Waals surface area (Å²) in [5.74, 6) is 0. The van der Waals surface area contributed by atoms with Crippen molar-refractivity contribution < 1.29 is 4.74 Å². The average Bonchev–Trinajstić information content (AvgIpc) is 2.39. The Morgan fingerprint density at radius 2 is 2.26 bits per heavy atom. The zero-order chi connectivity index (χ0) is 13.8. The molecule has 4 heteroatoms. The van der Waals surface area contributed by atoms with E-state index >= 15 is 0 Å². The number of pyridine rings is 1. The average molecular weight is 257 g/mol. The monoisotopic (exact) mass is 257 g/mol. The molecule has 0 saturated carbocycles. The molecule has 0 atom stereocenters. The Balaban J connectivity index is 2.27. The first-order chi connectivity index (χ1) is 9.15. The fourth-order valence-electron chi connectivity index (χ4n) is 2.44. The third kappa shape index (κ3) is 2.94. The summed E-state index contributed by atoms with van der Waals surface area (Å²) in [5, 5.41) is 9.30. The van der Waals surface area contributed by atoms with Crippen LogP contribution in [-0.4, -0.2) is 31.8 Å². The molecule has 1 aromatic rings. The molecular formula is C15H19N3O. The maximum absolute atomic E-state index is 9.30. The Hall–Kier alpha value is -1.86. The molecule has 0 spiro atoms. The quantitative estimate of drug-likeness (QED) is 0.780. The summed E-state index contributed by atoms with van der Waals surface area (Å²) >= 11 is 0. The lowest BCUT2D eigenvalue weighted by molar-refractivity contribution is 0.222. The number of nitriles is 1. The van der Waals surface area contributed by atoms with E-state index in [4.69, 9.17) is 4.74 Å². The predicted octanol–water partition coefficient (Wildman–Crippen LogP) is 2.35. The Kier molecular flexibility index (Phi) is 4.18. The van der Waals surface area contributed by atoms with Crippen LogP contribution in [0.1, 0.15) is 23.4 Å². The van der Waals surface area contributed by atoms with Crippen molar-refractivity contribution in [3.05, 3.63) is 34.7 Å². The number of ether oxygens (including phenoxy) is 1. The minimum absolute atomic E-state index is 0.689. The molecule has 4 nitrogen and oxygen atoms in total. The Labute approximate surface area is 114 Å². The van der Waals surface area contributed by atoms with Gasteiger partial charge in [0.15, 0.2) is 0 Å². The molecular weight excluding hydrogens is 238 g/mol. The molecule has 0 bridgehead atoms. The van der Waals surface area contributed by atoms with Gasteiger partial charge in [0, 0.05) is 25.9 Å². The highest BCUT2D eigenvalue weighted by Crippen LogP contribution is 2.26. The second-order valence-corrected chi connectivity index (χ2v) is 4.85. The highest BCUT2D eigenvalue weighted by atomic mass is 16.5. The van der Waals surface area contributed by atoms with Gasteiger partial charge in [0.1, 0.15) is 6.07 Å². The van der Waals surface area contributed by atoms with Crippen LogP contribution in [0.2, 0.25) is 0 Å². The van der Waals surface area contributed by atoms with Crippen LogP contribution in [0.4, 0.5) is 5.69 Å². The van der Waals surface area contributed by atoms with E-state index in [-0.39, 0.29) is 0 Å². The van der Waals surface area contributed by atoms with Gasteiger partial charge >= 0.3 is 0 Å². The van der Waals surface area contributed by atoms with Crippen LogP contribution >= 0.6 is 0 Å². The summed E-state index contributed by atoms with van der Waals surface area (Å²) in [5.41, 5.74) is 4.79. The van der Waals surface area contributed by atoms with Crippen LogP contribution in [0.5, 0.6) is 0 Å². The Morgan fingerprint density at radius 1 is 1.47 bits per heavy atom. The summed E-state index contributed by atoms with van der Waals surface area (Å²) in [6, 6.07) is 4.28. The normalized spacial score (nSPS) is 15.1. The smallest absolute Gasteiger partial charge is 0.103 e. The molecule has 1 aliphatic heterocycles. The van der Waals surface area contributed by atoms with E-state index in [9.17, 15) is 5.26 Å². The van der Waals surface area contributed by atoms with Crippen LogP contribution in [0.25, 0.3) is 0 Å². The van der Waals surface area contributed by atoms with E-state index in [1.807, 2.05) is 19.9 Å². The van der Waals surface area contributed by atoms with Gasteiger partial charge in [0.05, 0.1) is 23.6 Å². The molecule has 100 valence electrons. The summed E-state index contributed by atoms with van der Waals surface area (Å²) in [7, 11) is 1.72. The Bertz CT molecular complexity index is 543. The van der Waals surface area contributed by atoms with Crippen molar-refractivity contribution in [2.75, 3.05) is 31.7 Å². The molecule has 0 radical (unpaired) electrons. The van der Waals surface area contributed by atoms with E-state index in [1.54, 1.807) is 7.11 Å². The fraction of sp³-hybridized carbons (Fsp3) is 0.467. The van der Waals surface area contributed by atoms with Gasteiger partial charge in [0.25, 0.3) is 0 Å². The van der Waals surface area contributed by atoms with Gasteiger partial charge in [-0.2, -0.15) is 5.26 Å². The summed E-state index contributed by atoms with van der Waals surface area (Å²) in [6.45, 7) is 6.31. The number of anilines is 1. The van der Waals surface area contributed by atoms with Crippen molar-refractivity contribution in [3.63, 3.8) is 0 Å². The molecule has 0 aromatic carbocycles. The molecule has 1 aromatic heterocycles. The molecule has 0 amide bonds. The van der Waals surface area contributed by atoms with Crippen LogP contribution in [0.15, 0.2) is 17.7 Å². The van der Waals surface area contributed by atoms with Crippen LogP contribution < -0.4 is 4.90 Å². The first-order valence-electron chi connectivity index (χ1n) is 6.46. The minimum Gasteiger partial charge on any atom is -0.380 e. The van der Waals surface area contributed by atoms with Crippen molar-refractivity contribution in [2.24, 2.45) is 0 Å². The van der Waals surface area contributed by atoms with E-state index in [2.05, 4.69) is 22.0 Å². The molecule has 0 fully saturated rings. The van der Waals surface area contributed by atoms with Crippen molar-refractivity contribution in [2.45, 2.75) is 20.3 Å². The highest BCUT2D eigenvalue weighted by Gasteiger charge is 2.17. The van der Waals surface area contributed by atoms with Gasteiger partial charge in [-0.3, -0.25) is 4.98 Å². The van der Waals surface area contributed by atoms with Gasteiger partial charge in [-0.25, -0.2) is 0 Å². The summed E-state index contributed by atoms with van der Waals surface area (Å²) in [4.78, 5) is 6.60. The number of aromatic nitrogens is 1. The van der Waals surface area contributed by atoms with Gasteiger partial charge in [-0.05, 0) is 31.9 Å². The largest absolute Gasteiger partial charge is 0.380 e. The fourth-order valence-corrected chi connectivity index (χ4v) is 2.44. The van der Waals surface area contributed by atoms with Crippen LogP contribution in [0, 0.1) is 25.2 Å². The van der Waals surface area contributed by atoms with Gasteiger partial charge in [-0.1, -0.05) is 6.08 Å². The van der Waals surface area contributed by atoms with Crippen LogP contribution in [-0.2, 0) is 4.74 Å². The zero-order valence-corrected chi connectivity index (χ0v) is 11.7. The maximum Gasteiger partial charge on any atom is 0.103 e. The van der Waals surface area contributed by atoms with Crippen molar-refractivity contribution in [1.29, 1.82) is 5.26 Å². The van der Waals surface area contributed by atoms with E-state index < -0.39 is 0 Å². The molecule has 0 aliphatic carbocycles. The van der Waals surface area contributed by atoms with Gasteiger partial charge < -0.3 is 9.64 Å². The summed E-state index contributed by atoms with van der Waals surface area (Å²) in [6.07, 6.45) is 3.18. The maximum atomic E-state index is 9.30.